The first-order valence-electron chi connectivity index (χ1n) is 7.90. The van der Waals surface area contributed by atoms with Crippen LogP contribution in [0.3, 0.4) is 0 Å². The van der Waals surface area contributed by atoms with Crippen LogP contribution in [0.15, 0.2) is 36.0 Å². The van der Waals surface area contributed by atoms with E-state index in [9.17, 15) is 4.79 Å². The molecule has 1 saturated carbocycles. The van der Waals surface area contributed by atoms with E-state index in [1.807, 2.05) is 49.5 Å². The number of carbonyl (C=O) groups is 1. The average molecular weight is 296 g/mol. The van der Waals surface area contributed by atoms with Crippen LogP contribution in [0.2, 0.25) is 0 Å². The Bertz CT molecular complexity index is 616. The third kappa shape index (κ3) is 2.78. The van der Waals surface area contributed by atoms with Gasteiger partial charge in [-0.05, 0) is 37.0 Å². The number of benzene rings is 1. The van der Waals surface area contributed by atoms with Crippen molar-refractivity contribution in [3.05, 3.63) is 47.2 Å². The van der Waals surface area contributed by atoms with Gasteiger partial charge in [-0.15, -0.1) is 0 Å². The zero-order valence-corrected chi connectivity index (χ0v) is 13.9. The van der Waals surface area contributed by atoms with Crippen molar-refractivity contribution in [3.63, 3.8) is 0 Å². The van der Waals surface area contributed by atoms with Crippen LogP contribution in [0.4, 0.5) is 0 Å². The maximum absolute atomic E-state index is 13.0. The van der Waals surface area contributed by atoms with Crippen LogP contribution in [0.1, 0.15) is 50.2 Å². The fourth-order valence-electron chi connectivity index (χ4n) is 3.43. The smallest absolute Gasteiger partial charge is 0.167 e. The number of hydrogen-bond acceptors (Lipinski definition) is 3. The zero-order valence-electron chi connectivity index (χ0n) is 13.9. The average Bonchev–Trinajstić information content (AvgIpc) is 2.80. The first-order chi connectivity index (χ1) is 10.5. The minimum atomic E-state index is -0.236. The molecular formula is C19H24N2O. The molecule has 0 radical (unpaired) electrons. The number of carbonyl (C=O) groups excluding carboxylic acids is 1. The third-order valence-corrected chi connectivity index (χ3v) is 4.91. The normalized spacial score (nSPS) is 21.9. The van der Waals surface area contributed by atoms with Gasteiger partial charge in [0.1, 0.15) is 0 Å². The molecule has 0 bridgehead atoms. The van der Waals surface area contributed by atoms with Crippen LogP contribution in [0.25, 0.3) is 0 Å². The van der Waals surface area contributed by atoms with E-state index in [-0.39, 0.29) is 11.3 Å². The van der Waals surface area contributed by atoms with Gasteiger partial charge in [-0.2, -0.15) is 5.26 Å². The second kappa shape index (κ2) is 6.36. The molecule has 0 aliphatic heterocycles. The summed E-state index contributed by atoms with van der Waals surface area (Å²) in [6, 6.07) is 9.80. The van der Waals surface area contributed by atoms with Crippen molar-refractivity contribution < 1.29 is 4.79 Å². The van der Waals surface area contributed by atoms with Crippen molar-refractivity contribution in [1.82, 2.24) is 4.90 Å². The van der Waals surface area contributed by atoms with Crippen LogP contribution in [-0.2, 0) is 4.79 Å². The summed E-state index contributed by atoms with van der Waals surface area (Å²) >= 11 is 0. The van der Waals surface area contributed by atoms with Gasteiger partial charge in [-0.1, -0.05) is 26.0 Å². The van der Waals surface area contributed by atoms with Gasteiger partial charge in [0.15, 0.2) is 5.78 Å². The molecule has 1 aromatic rings. The molecule has 0 aromatic heterocycles. The highest BCUT2D eigenvalue weighted by Gasteiger charge is 2.47. The molecule has 0 N–H and O–H groups in total. The number of allylic oxidation sites excluding steroid dienone is 1. The van der Waals surface area contributed by atoms with Gasteiger partial charge < -0.3 is 4.90 Å². The third-order valence-electron chi connectivity index (χ3n) is 4.91. The van der Waals surface area contributed by atoms with Crippen molar-refractivity contribution >= 4 is 5.78 Å². The molecule has 0 saturated heterocycles. The van der Waals surface area contributed by atoms with Gasteiger partial charge in [-0.25, -0.2) is 0 Å². The van der Waals surface area contributed by atoms with Gasteiger partial charge in [0.05, 0.1) is 11.6 Å². The van der Waals surface area contributed by atoms with Gasteiger partial charge in [0.2, 0.25) is 0 Å². The van der Waals surface area contributed by atoms with Gasteiger partial charge in [0, 0.05) is 37.2 Å². The first kappa shape index (κ1) is 16.3. The summed E-state index contributed by atoms with van der Waals surface area (Å²) in [4.78, 5) is 14.9. The van der Waals surface area contributed by atoms with Crippen molar-refractivity contribution in [2.75, 3.05) is 14.1 Å². The Kier molecular flexibility index (Phi) is 4.71. The van der Waals surface area contributed by atoms with E-state index in [1.54, 1.807) is 0 Å². The monoisotopic (exact) mass is 296 g/mol. The molecule has 1 atom stereocenters. The van der Waals surface area contributed by atoms with Crippen LogP contribution >= 0.6 is 0 Å². The number of nitrogens with zero attached hydrogens (tertiary/aromatic N) is 2. The number of rotatable bonds is 4. The van der Waals surface area contributed by atoms with Crippen molar-refractivity contribution in [1.29, 1.82) is 5.26 Å². The molecule has 2 rings (SSSR count). The topological polar surface area (TPSA) is 44.1 Å². The fourth-order valence-corrected chi connectivity index (χ4v) is 3.43. The Morgan fingerprint density at radius 1 is 1.27 bits per heavy atom. The maximum Gasteiger partial charge on any atom is 0.167 e. The first-order valence-corrected chi connectivity index (χ1v) is 7.90. The van der Waals surface area contributed by atoms with Crippen LogP contribution in [-0.4, -0.2) is 24.8 Å². The molecule has 1 aliphatic carbocycles. The SMILES string of the molecule is CCC1(CC)CC(c2ccc(C#N)cc2)C(=CN(C)C)C1=O. The summed E-state index contributed by atoms with van der Waals surface area (Å²) in [5.74, 6) is 0.420. The molecule has 1 aromatic carbocycles. The highest BCUT2D eigenvalue weighted by Crippen LogP contribution is 2.51. The van der Waals surface area contributed by atoms with E-state index < -0.39 is 0 Å². The number of hydrogen-bond donors (Lipinski definition) is 0. The van der Waals surface area contributed by atoms with Crippen molar-refractivity contribution in [2.24, 2.45) is 5.41 Å². The molecule has 22 heavy (non-hydrogen) atoms. The summed E-state index contributed by atoms with van der Waals surface area (Å²) < 4.78 is 0. The summed E-state index contributed by atoms with van der Waals surface area (Å²) in [5.41, 5.74) is 2.45. The maximum atomic E-state index is 13.0. The molecule has 3 nitrogen and oxygen atoms in total. The van der Waals surface area contributed by atoms with E-state index >= 15 is 0 Å². The van der Waals surface area contributed by atoms with E-state index in [2.05, 4.69) is 19.9 Å². The molecular weight excluding hydrogens is 272 g/mol. The lowest BCUT2D eigenvalue weighted by Gasteiger charge is -2.23. The summed E-state index contributed by atoms with van der Waals surface area (Å²) in [6.07, 6.45) is 4.59. The molecule has 1 aliphatic rings. The van der Waals surface area contributed by atoms with Crippen molar-refractivity contribution in [2.45, 2.75) is 39.0 Å². The fraction of sp³-hybridized carbons (Fsp3) is 0.474. The van der Waals surface area contributed by atoms with Crippen LogP contribution in [0, 0.1) is 16.7 Å². The Morgan fingerprint density at radius 2 is 1.86 bits per heavy atom. The van der Waals surface area contributed by atoms with E-state index in [0.29, 0.717) is 11.3 Å². The standard InChI is InChI=1S/C19H24N2O/c1-5-19(6-2)11-16(17(18(19)22)13-21(3)4)15-9-7-14(12-20)8-10-15/h7-10,13,16H,5-6,11H2,1-4H3. The minimum absolute atomic E-state index is 0.127. The van der Waals surface area contributed by atoms with E-state index in [4.69, 9.17) is 5.26 Å². The molecule has 0 heterocycles. The van der Waals surface area contributed by atoms with Gasteiger partial charge in [0.25, 0.3) is 0 Å². The summed E-state index contributed by atoms with van der Waals surface area (Å²) in [6.45, 7) is 4.21. The zero-order chi connectivity index (χ0) is 16.3. The van der Waals surface area contributed by atoms with E-state index in [0.717, 1.165) is 30.4 Å². The summed E-state index contributed by atoms with van der Waals surface area (Å²) in [5, 5.41) is 8.94. The lowest BCUT2D eigenvalue weighted by atomic mass is 9.78. The van der Waals surface area contributed by atoms with Crippen molar-refractivity contribution in [3.8, 4) is 6.07 Å². The number of nitriles is 1. The van der Waals surface area contributed by atoms with Gasteiger partial charge in [-0.3, -0.25) is 4.79 Å². The van der Waals surface area contributed by atoms with E-state index in [1.165, 1.54) is 0 Å². The molecule has 116 valence electrons. The van der Waals surface area contributed by atoms with Gasteiger partial charge >= 0.3 is 0 Å². The van der Waals surface area contributed by atoms with Crippen LogP contribution < -0.4 is 0 Å². The molecule has 0 spiro atoms. The minimum Gasteiger partial charge on any atom is -0.383 e. The Hall–Kier alpha value is -2.08. The second-order valence-corrected chi connectivity index (χ2v) is 6.36. The predicted octanol–water partition coefficient (Wildman–Crippen LogP) is 3.87. The number of ketones is 1. The highest BCUT2D eigenvalue weighted by molar-refractivity contribution is 6.03. The summed E-state index contributed by atoms with van der Waals surface area (Å²) in [7, 11) is 3.90. The predicted molar refractivity (Wildman–Crippen MR) is 88.3 cm³/mol. The lowest BCUT2D eigenvalue weighted by molar-refractivity contribution is -0.123. The van der Waals surface area contributed by atoms with Crippen LogP contribution in [0.5, 0.6) is 0 Å². The number of Topliss-reactive ketones (excluding diaryl/α,β-unsaturated/α-hetero) is 1. The quantitative estimate of drug-likeness (QED) is 0.792. The Labute approximate surface area is 133 Å². The second-order valence-electron chi connectivity index (χ2n) is 6.36. The molecule has 1 unspecified atom stereocenters. The largest absolute Gasteiger partial charge is 0.383 e. The Balaban J connectivity index is 2.47. The Morgan fingerprint density at radius 3 is 2.32 bits per heavy atom. The molecule has 3 heteroatoms. The lowest BCUT2D eigenvalue weighted by Crippen LogP contribution is -2.24. The molecule has 0 amide bonds. The highest BCUT2D eigenvalue weighted by atomic mass is 16.1. The molecule has 1 fully saturated rings.